The Labute approximate surface area is 159 Å². The second-order valence-corrected chi connectivity index (χ2v) is 6.94. The molecule has 1 N–H and O–H groups in total. The van der Waals surface area contributed by atoms with E-state index in [1.54, 1.807) is 24.3 Å². The Morgan fingerprint density at radius 1 is 1.12 bits per heavy atom. The molecule has 1 fully saturated rings. The third-order valence-corrected chi connectivity index (χ3v) is 4.70. The van der Waals surface area contributed by atoms with Crippen LogP contribution in [0.3, 0.4) is 0 Å². The van der Waals surface area contributed by atoms with E-state index < -0.39 is 6.03 Å². The van der Waals surface area contributed by atoms with Gasteiger partial charge in [-0.15, -0.1) is 0 Å². The lowest BCUT2D eigenvalue weighted by atomic mass is 10.1. The van der Waals surface area contributed by atoms with E-state index in [1.165, 1.54) is 4.90 Å². The van der Waals surface area contributed by atoms with Gasteiger partial charge in [-0.2, -0.15) is 0 Å². The number of hydrogen-bond donors (Lipinski definition) is 1. The highest BCUT2D eigenvalue weighted by molar-refractivity contribution is 9.10. The molecule has 0 aromatic heterocycles. The van der Waals surface area contributed by atoms with Crippen LogP contribution in [0.1, 0.15) is 18.5 Å². The molecular weight excluding hydrogens is 398 g/mol. The molecule has 2 aromatic carbocycles. The molecule has 0 aliphatic carbocycles. The van der Waals surface area contributed by atoms with Gasteiger partial charge in [-0.05, 0) is 36.8 Å². The van der Waals surface area contributed by atoms with Gasteiger partial charge in [0.1, 0.15) is 13.1 Å². The third-order valence-electron chi connectivity index (χ3n) is 4.17. The molecule has 0 radical (unpaired) electrons. The van der Waals surface area contributed by atoms with Crippen LogP contribution in [0.4, 0.5) is 10.5 Å². The second kappa shape index (κ2) is 7.70. The molecule has 1 unspecified atom stereocenters. The fraction of sp³-hybridized carbons (Fsp3) is 0.211. The monoisotopic (exact) mass is 415 g/mol. The van der Waals surface area contributed by atoms with Crippen molar-refractivity contribution < 1.29 is 14.4 Å². The van der Waals surface area contributed by atoms with Gasteiger partial charge in [0.15, 0.2) is 0 Å². The molecule has 0 saturated carbocycles. The summed E-state index contributed by atoms with van der Waals surface area (Å²) in [7, 11) is 0. The van der Waals surface area contributed by atoms with E-state index >= 15 is 0 Å². The van der Waals surface area contributed by atoms with Crippen LogP contribution in [0.15, 0.2) is 59.1 Å². The molecule has 2 aromatic rings. The number of imide groups is 1. The lowest BCUT2D eigenvalue weighted by Gasteiger charge is -2.19. The maximum atomic E-state index is 12.5. The van der Waals surface area contributed by atoms with E-state index in [1.807, 2.05) is 37.3 Å². The molecule has 1 aliphatic rings. The highest BCUT2D eigenvalue weighted by Gasteiger charge is 2.37. The molecule has 1 aliphatic heterocycles. The summed E-state index contributed by atoms with van der Waals surface area (Å²) in [5.41, 5.74) is 1.57. The summed E-state index contributed by atoms with van der Waals surface area (Å²) < 4.78 is 0.953. The number of halogens is 1. The summed E-state index contributed by atoms with van der Waals surface area (Å²) in [6.45, 7) is 1.51. The average molecular weight is 416 g/mol. The maximum Gasteiger partial charge on any atom is 0.332 e. The van der Waals surface area contributed by atoms with Crippen molar-refractivity contribution in [2.75, 3.05) is 18.0 Å². The van der Waals surface area contributed by atoms with Crippen molar-refractivity contribution in [2.45, 2.75) is 13.0 Å². The lowest BCUT2D eigenvalue weighted by molar-refractivity contribution is -0.130. The van der Waals surface area contributed by atoms with Gasteiger partial charge in [-0.25, -0.2) is 4.79 Å². The summed E-state index contributed by atoms with van der Waals surface area (Å²) in [6.07, 6.45) is 0. The predicted octanol–water partition coefficient (Wildman–Crippen LogP) is 3.10. The molecule has 26 heavy (non-hydrogen) atoms. The summed E-state index contributed by atoms with van der Waals surface area (Å²) >= 11 is 3.37. The summed E-state index contributed by atoms with van der Waals surface area (Å²) in [6, 6.07) is 15.8. The van der Waals surface area contributed by atoms with Crippen LogP contribution in [0.25, 0.3) is 0 Å². The zero-order valence-corrected chi connectivity index (χ0v) is 15.8. The number of carbonyl (C=O) groups is 3. The Balaban J connectivity index is 1.63. The van der Waals surface area contributed by atoms with Crippen molar-refractivity contribution in [3.8, 4) is 0 Å². The quantitative estimate of drug-likeness (QED) is 0.762. The van der Waals surface area contributed by atoms with Gasteiger partial charge in [-0.3, -0.25) is 19.4 Å². The fourth-order valence-electron chi connectivity index (χ4n) is 2.77. The van der Waals surface area contributed by atoms with Crippen LogP contribution >= 0.6 is 15.9 Å². The standard InChI is InChI=1S/C19H18BrN3O3/c1-13(14-7-9-15(20)10-8-14)21-17(24)11-23-18(25)12-22(19(23)26)16-5-3-2-4-6-16/h2-10,13H,11-12H2,1H3,(H,21,24). The first-order valence-corrected chi connectivity index (χ1v) is 8.97. The molecule has 1 saturated heterocycles. The Bertz CT molecular complexity index is 824. The number of anilines is 1. The topological polar surface area (TPSA) is 69.7 Å². The Kier molecular flexibility index (Phi) is 5.37. The van der Waals surface area contributed by atoms with Crippen molar-refractivity contribution in [2.24, 2.45) is 0 Å². The molecule has 1 heterocycles. The molecule has 7 heteroatoms. The fourth-order valence-corrected chi connectivity index (χ4v) is 3.04. The number of carbonyl (C=O) groups excluding carboxylic acids is 3. The molecule has 3 rings (SSSR count). The van der Waals surface area contributed by atoms with Crippen LogP contribution in [0.2, 0.25) is 0 Å². The van der Waals surface area contributed by atoms with Crippen LogP contribution < -0.4 is 10.2 Å². The predicted molar refractivity (Wildman–Crippen MR) is 102 cm³/mol. The Hall–Kier alpha value is -2.67. The van der Waals surface area contributed by atoms with E-state index in [2.05, 4.69) is 21.2 Å². The largest absolute Gasteiger partial charge is 0.348 e. The normalized spacial score (nSPS) is 15.3. The van der Waals surface area contributed by atoms with Gasteiger partial charge in [0.25, 0.3) is 5.91 Å². The number of benzene rings is 2. The van der Waals surface area contributed by atoms with Gasteiger partial charge in [-0.1, -0.05) is 46.3 Å². The van der Waals surface area contributed by atoms with Crippen LogP contribution in [0.5, 0.6) is 0 Å². The summed E-state index contributed by atoms with van der Waals surface area (Å²) in [5, 5.41) is 2.82. The van der Waals surface area contributed by atoms with Gasteiger partial charge in [0.2, 0.25) is 5.91 Å². The number of rotatable bonds is 5. The number of nitrogens with zero attached hydrogens (tertiary/aromatic N) is 2. The number of hydrogen-bond acceptors (Lipinski definition) is 3. The van der Waals surface area contributed by atoms with Crippen molar-refractivity contribution >= 4 is 39.5 Å². The molecule has 0 bridgehead atoms. The van der Waals surface area contributed by atoms with Crippen LogP contribution in [-0.4, -0.2) is 35.8 Å². The number of urea groups is 1. The minimum absolute atomic E-state index is 0.0572. The first kappa shape index (κ1) is 18.1. The Morgan fingerprint density at radius 2 is 1.77 bits per heavy atom. The van der Waals surface area contributed by atoms with E-state index in [0.29, 0.717) is 5.69 Å². The van der Waals surface area contributed by atoms with E-state index in [-0.39, 0.29) is 30.9 Å². The highest BCUT2D eigenvalue weighted by Crippen LogP contribution is 2.21. The van der Waals surface area contributed by atoms with E-state index in [0.717, 1.165) is 14.9 Å². The minimum Gasteiger partial charge on any atom is -0.348 e. The van der Waals surface area contributed by atoms with Crippen molar-refractivity contribution in [1.82, 2.24) is 10.2 Å². The number of amides is 4. The lowest BCUT2D eigenvalue weighted by Crippen LogP contribution is -2.42. The molecule has 1 atom stereocenters. The van der Waals surface area contributed by atoms with Gasteiger partial charge in [0, 0.05) is 10.2 Å². The molecule has 0 spiro atoms. The molecule has 4 amide bonds. The SMILES string of the molecule is CC(NC(=O)CN1C(=O)CN(c2ccccc2)C1=O)c1ccc(Br)cc1. The highest BCUT2D eigenvalue weighted by atomic mass is 79.9. The zero-order chi connectivity index (χ0) is 18.7. The first-order valence-electron chi connectivity index (χ1n) is 8.17. The zero-order valence-electron chi connectivity index (χ0n) is 14.2. The molecule has 6 nitrogen and oxygen atoms in total. The molecule has 134 valence electrons. The Morgan fingerprint density at radius 3 is 2.42 bits per heavy atom. The smallest absolute Gasteiger partial charge is 0.332 e. The van der Waals surface area contributed by atoms with Crippen molar-refractivity contribution in [1.29, 1.82) is 0 Å². The van der Waals surface area contributed by atoms with Crippen molar-refractivity contribution in [3.05, 3.63) is 64.6 Å². The third kappa shape index (κ3) is 3.94. The van der Waals surface area contributed by atoms with E-state index in [4.69, 9.17) is 0 Å². The summed E-state index contributed by atoms with van der Waals surface area (Å²) in [4.78, 5) is 39.3. The van der Waals surface area contributed by atoms with E-state index in [9.17, 15) is 14.4 Å². The number of para-hydroxylation sites is 1. The van der Waals surface area contributed by atoms with Gasteiger partial charge < -0.3 is 5.32 Å². The van der Waals surface area contributed by atoms with Crippen LogP contribution in [-0.2, 0) is 9.59 Å². The first-order chi connectivity index (χ1) is 12.5. The summed E-state index contributed by atoms with van der Waals surface area (Å²) in [5.74, 6) is -0.762. The van der Waals surface area contributed by atoms with Gasteiger partial charge >= 0.3 is 6.03 Å². The average Bonchev–Trinajstić information content (AvgIpc) is 2.91. The van der Waals surface area contributed by atoms with Crippen LogP contribution in [0, 0.1) is 0 Å². The van der Waals surface area contributed by atoms with Crippen molar-refractivity contribution in [3.63, 3.8) is 0 Å². The van der Waals surface area contributed by atoms with Gasteiger partial charge in [0.05, 0.1) is 6.04 Å². The molecular formula is C19H18BrN3O3. The minimum atomic E-state index is -0.479. The maximum absolute atomic E-state index is 12.5. The second-order valence-electron chi connectivity index (χ2n) is 6.02. The number of nitrogens with one attached hydrogen (secondary N) is 1.